The van der Waals surface area contributed by atoms with Crippen molar-refractivity contribution in [1.82, 2.24) is 15.2 Å². The van der Waals surface area contributed by atoms with Crippen molar-refractivity contribution >= 4 is 39.8 Å². The second-order valence-corrected chi connectivity index (χ2v) is 6.46. The molecule has 3 aromatic rings. The maximum absolute atomic E-state index is 6.24. The lowest BCUT2D eigenvalue weighted by Crippen LogP contribution is -2.20. The van der Waals surface area contributed by atoms with Gasteiger partial charge in [-0.25, -0.2) is 0 Å². The van der Waals surface area contributed by atoms with Gasteiger partial charge in [0.25, 0.3) is 0 Å². The van der Waals surface area contributed by atoms with Gasteiger partial charge >= 0.3 is 0 Å². The van der Waals surface area contributed by atoms with E-state index in [0.717, 1.165) is 35.1 Å². The molecule has 122 valence electrons. The summed E-state index contributed by atoms with van der Waals surface area (Å²) in [4.78, 5) is 4.05. The van der Waals surface area contributed by atoms with Crippen molar-refractivity contribution in [3.05, 3.63) is 46.7 Å². The number of pyridine rings is 1. The van der Waals surface area contributed by atoms with Crippen LogP contribution in [0.2, 0.25) is 10.0 Å². The smallest absolute Gasteiger partial charge is 0.156 e. The zero-order valence-corrected chi connectivity index (χ0v) is 14.2. The molecule has 1 aliphatic heterocycles. The van der Waals surface area contributed by atoms with Gasteiger partial charge in [-0.05, 0) is 30.7 Å². The first-order valence-electron chi connectivity index (χ1n) is 7.62. The highest BCUT2D eigenvalue weighted by molar-refractivity contribution is 6.43. The Morgan fingerprint density at radius 2 is 1.79 bits per heavy atom. The maximum atomic E-state index is 6.24. The van der Waals surface area contributed by atoms with Crippen molar-refractivity contribution < 1.29 is 4.74 Å². The Morgan fingerprint density at radius 1 is 1.04 bits per heavy atom. The van der Waals surface area contributed by atoms with Gasteiger partial charge in [-0.15, -0.1) is 10.2 Å². The second-order valence-electron chi connectivity index (χ2n) is 5.65. The first-order valence-corrected chi connectivity index (χ1v) is 8.38. The Labute approximate surface area is 149 Å². The molecule has 24 heavy (non-hydrogen) atoms. The van der Waals surface area contributed by atoms with Crippen LogP contribution in [0.5, 0.6) is 0 Å². The van der Waals surface area contributed by atoms with Crippen molar-refractivity contribution in [2.75, 3.05) is 18.5 Å². The van der Waals surface area contributed by atoms with Crippen LogP contribution in [-0.2, 0) is 4.74 Å². The van der Waals surface area contributed by atoms with Crippen LogP contribution in [0.3, 0.4) is 0 Å². The molecule has 4 rings (SSSR count). The molecule has 7 heteroatoms. The number of nitrogens with zero attached hydrogens (tertiary/aromatic N) is 3. The van der Waals surface area contributed by atoms with Crippen molar-refractivity contribution in [2.45, 2.75) is 12.5 Å². The number of fused-ring (bicyclic) bond motifs is 1. The van der Waals surface area contributed by atoms with Crippen molar-refractivity contribution in [1.29, 1.82) is 0 Å². The lowest BCUT2D eigenvalue weighted by atomic mass is 10.1. The molecule has 1 fully saturated rings. The summed E-state index contributed by atoms with van der Waals surface area (Å²) in [5.41, 5.74) is 1.68. The molecule has 2 aromatic heterocycles. The van der Waals surface area contributed by atoms with E-state index in [1.165, 1.54) is 0 Å². The third kappa shape index (κ3) is 2.90. The average Bonchev–Trinajstić information content (AvgIpc) is 3.10. The van der Waals surface area contributed by atoms with E-state index in [0.29, 0.717) is 22.5 Å². The summed E-state index contributed by atoms with van der Waals surface area (Å²) in [5.74, 6) is 0.692. The van der Waals surface area contributed by atoms with Crippen molar-refractivity contribution in [2.24, 2.45) is 0 Å². The minimum atomic E-state index is 0.226. The van der Waals surface area contributed by atoms with Crippen LogP contribution < -0.4 is 5.32 Å². The van der Waals surface area contributed by atoms with Gasteiger partial charge in [0.05, 0.1) is 22.7 Å². The summed E-state index contributed by atoms with van der Waals surface area (Å²) in [6.07, 6.45) is 4.39. The summed E-state index contributed by atoms with van der Waals surface area (Å²) < 4.78 is 5.41. The van der Waals surface area contributed by atoms with E-state index in [4.69, 9.17) is 27.9 Å². The predicted octanol–water partition coefficient (Wildman–Crippen LogP) is 4.20. The highest BCUT2D eigenvalue weighted by Gasteiger charge is 2.19. The summed E-state index contributed by atoms with van der Waals surface area (Å²) in [6.45, 7) is 1.42. The fourth-order valence-electron chi connectivity index (χ4n) is 2.82. The van der Waals surface area contributed by atoms with E-state index in [1.807, 2.05) is 24.3 Å². The molecular formula is C17H14Cl2N4O. The zero-order valence-electron chi connectivity index (χ0n) is 12.7. The summed E-state index contributed by atoms with van der Waals surface area (Å²) in [6, 6.07) is 7.67. The summed E-state index contributed by atoms with van der Waals surface area (Å²) in [5, 5.41) is 14.9. The van der Waals surface area contributed by atoms with Crippen LogP contribution >= 0.6 is 23.2 Å². The molecule has 3 heterocycles. The van der Waals surface area contributed by atoms with Crippen molar-refractivity contribution in [3.8, 4) is 11.3 Å². The van der Waals surface area contributed by atoms with Gasteiger partial charge in [0.1, 0.15) is 5.69 Å². The van der Waals surface area contributed by atoms with Gasteiger partial charge in [0, 0.05) is 35.3 Å². The fourth-order valence-corrected chi connectivity index (χ4v) is 3.15. The molecule has 1 aromatic carbocycles. The van der Waals surface area contributed by atoms with Gasteiger partial charge < -0.3 is 10.1 Å². The highest BCUT2D eigenvalue weighted by Crippen LogP contribution is 2.35. The van der Waals surface area contributed by atoms with Gasteiger partial charge in [-0.1, -0.05) is 23.2 Å². The van der Waals surface area contributed by atoms with Crippen molar-refractivity contribution in [3.63, 3.8) is 0 Å². The first-order chi connectivity index (χ1) is 11.7. The van der Waals surface area contributed by atoms with E-state index in [9.17, 15) is 0 Å². The fraction of sp³-hybridized carbons (Fsp3) is 0.235. The summed E-state index contributed by atoms with van der Waals surface area (Å²) >= 11 is 12.5. The minimum Gasteiger partial charge on any atom is -0.379 e. The zero-order chi connectivity index (χ0) is 16.5. The quantitative estimate of drug-likeness (QED) is 0.758. The molecule has 0 bridgehead atoms. The van der Waals surface area contributed by atoms with E-state index in [-0.39, 0.29) is 6.04 Å². The van der Waals surface area contributed by atoms with E-state index < -0.39 is 0 Å². The number of aromatic nitrogens is 3. The number of ether oxygens (including phenoxy) is 1. The second kappa shape index (κ2) is 6.51. The lowest BCUT2D eigenvalue weighted by molar-refractivity contribution is 0.195. The van der Waals surface area contributed by atoms with Gasteiger partial charge in [-0.3, -0.25) is 4.98 Å². The average molecular weight is 361 g/mol. The molecule has 1 N–H and O–H groups in total. The van der Waals surface area contributed by atoms with E-state index in [2.05, 4.69) is 20.5 Å². The molecule has 1 atom stereocenters. The number of nitrogens with one attached hydrogen (secondary N) is 1. The Bertz CT molecular complexity index is 883. The molecule has 1 saturated heterocycles. The monoisotopic (exact) mass is 360 g/mol. The molecule has 1 aliphatic rings. The number of hydrogen-bond donors (Lipinski definition) is 1. The van der Waals surface area contributed by atoms with E-state index >= 15 is 0 Å². The topological polar surface area (TPSA) is 59.9 Å². The molecule has 0 radical (unpaired) electrons. The minimum absolute atomic E-state index is 0.226. The van der Waals surface area contributed by atoms with Crippen LogP contribution in [-0.4, -0.2) is 34.4 Å². The van der Waals surface area contributed by atoms with E-state index in [1.54, 1.807) is 12.4 Å². The SMILES string of the molecule is Clc1cc2c(N[C@@H]3CCOC3)nnc(-c3ccncc3)c2cc1Cl. The number of anilines is 1. The molecule has 0 unspecified atom stereocenters. The third-order valence-electron chi connectivity index (χ3n) is 4.04. The number of halogens is 2. The van der Waals surface area contributed by atoms with Gasteiger partial charge in [-0.2, -0.15) is 0 Å². The predicted molar refractivity (Wildman–Crippen MR) is 95.6 cm³/mol. The number of benzene rings is 1. The third-order valence-corrected chi connectivity index (χ3v) is 4.77. The van der Waals surface area contributed by atoms with Crippen LogP contribution in [0.25, 0.3) is 22.0 Å². The molecule has 0 amide bonds. The normalized spacial score (nSPS) is 17.3. The Balaban J connectivity index is 1.88. The van der Waals surface area contributed by atoms with Gasteiger partial charge in [0.15, 0.2) is 5.82 Å². The standard InChI is InChI=1S/C17H14Cl2N4O/c18-14-7-12-13(8-15(14)19)17(21-11-3-6-24-9-11)23-22-16(12)10-1-4-20-5-2-10/h1-2,4-5,7-8,11H,3,6,9H2,(H,21,23)/t11-/m1/s1. The van der Waals surface area contributed by atoms with Gasteiger partial charge in [0.2, 0.25) is 0 Å². The Kier molecular flexibility index (Phi) is 4.22. The van der Waals surface area contributed by atoms with Crippen LogP contribution in [0.1, 0.15) is 6.42 Å². The lowest BCUT2D eigenvalue weighted by Gasteiger charge is -2.15. The number of hydrogen-bond acceptors (Lipinski definition) is 5. The molecule has 0 spiro atoms. The molecule has 0 aliphatic carbocycles. The first kappa shape index (κ1) is 15.6. The van der Waals surface area contributed by atoms with Crippen LogP contribution in [0.4, 0.5) is 5.82 Å². The molecular weight excluding hydrogens is 347 g/mol. The Morgan fingerprint density at radius 3 is 2.50 bits per heavy atom. The summed E-state index contributed by atoms with van der Waals surface area (Å²) in [7, 11) is 0. The van der Waals surface area contributed by atoms with Crippen LogP contribution in [0, 0.1) is 0 Å². The largest absolute Gasteiger partial charge is 0.379 e. The Hall–Kier alpha value is -1.95. The maximum Gasteiger partial charge on any atom is 0.156 e. The molecule has 5 nitrogen and oxygen atoms in total. The highest BCUT2D eigenvalue weighted by atomic mass is 35.5. The van der Waals surface area contributed by atoms with Crippen LogP contribution in [0.15, 0.2) is 36.7 Å². The number of rotatable bonds is 3. The molecule has 0 saturated carbocycles.